The first-order valence-electron chi connectivity index (χ1n) is 5.75. The van der Waals surface area contributed by atoms with Crippen molar-refractivity contribution in [1.29, 1.82) is 0 Å². The average Bonchev–Trinajstić information content (AvgIpc) is 2.18. The highest BCUT2D eigenvalue weighted by Gasteiger charge is 2.17. The predicted octanol–water partition coefficient (Wildman–Crippen LogP) is 3.31. The standard InChI is InChI=1S/C14H23N/c1-9(2)14(8-15)13-7-6-10(3)11(4)12(13)5/h6-7,9,14H,8,15H2,1-5H3. The Hall–Kier alpha value is -0.820. The van der Waals surface area contributed by atoms with E-state index in [2.05, 4.69) is 46.8 Å². The maximum atomic E-state index is 5.86. The van der Waals surface area contributed by atoms with E-state index < -0.39 is 0 Å². The molecular weight excluding hydrogens is 182 g/mol. The van der Waals surface area contributed by atoms with Gasteiger partial charge in [0.1, 0.15) is 0 Å². The third-order valence-electron chi connectivity index (χ3n) is 3.56. The first kappa shape index (κ1) is 12.3. The number of benzene rings is 1. The minimum absolute atomic E-state index is 0.490. The Labute approximate surface area is 93.7 Å². The summed E-state index contributed by atoms with van der Waals surface area (Å²) in [5, 5.41) is 0. The Bertz CT molecular complexity index is 339. The summed E-state index contributed by atoms with van der Waals surface area (Å²) in [5.74, 6) is 1.10. The summed E-state index contributed by atoms with van der Waals surface area (Å²) in [5.41, 5.74) is 11.5. The molecule has 1 aromatic rings. The lowest BCUT2D eigenvalue weighted by molar-refractivity contribution is 0.504. The fraction of sp³-hybridized carbons (Fsp3) is 0.571. The van der Waals surface area contributed by atoms with Gasteiger partial charge in [0.05, 0.1) is 0 Å². The molecule has 0 aliphatic carbocycles. The summed E-state index contributed by atoms with van der Waals surface area (Å²) < 4.78 is 0. The molecule has 0 amide bonds. The molecule has 0 aliphatic rings. The van der Waals surface area contributed by atoms with Crippen molar-refractivity contribution in [3.8, 4) is 0 Å². The van der Waals surface area contributed by atoms with E-state index in [1.807, 2.05) is 0 Å². The molecule has 1 nitrogen and oxygen atoms in total. The van der Waals surface area contributed by atoms with Crippen LogP contribution in [0.4, 0.5) is 0 Å². The molecule has 0 bridgehead atoms. The van der Waals surface area contributed by atoms with Crippen LogP contribution in [0.2, 0.25) is 0 Å². The molecule has 1 aromatic carbocycles. The lowest BCUT2D eigenvalue weighted by Gasteiger charge is -2.23. The number of rotatable bonds is 3. The molecule has 0 radical (unpaired) electrons. The van der Waals surface area contributed by atoms with Crippen molar-refractivity contribution in [2.75, 3.05) is 6.54 Å². The van der Waals surface area contributed by atoms with Gasteiger partial charge in [-0.3, -0.25) is 0 Å². The van der Waals surface area contributed by atoms with Gasteiger partial charge in [0.25, 0.3) is 0 Å². The second-order valence-electron chi connectivity index (χ2n) is 4.81. The monoisotopic (exact) mass is 205 g/mol. The Morgan fingerprint density at radius 1 is 1.07 bits per heavy atom. The second kappa shape index (κ2) is 4.80. The smallest absolute Gasteiger partial charge is 0.000567 e. The molecule has 1 atom stereocenters. The molecule has 0 saturated carbocycles. The zero-order chi connectivity index (χ0) is 11.6. The first-order valence-corrected chi connectivity index (χ1v) is 5.75. The van der Waals surface area contributed by atoms with Crippen LogP contribution in [-0.4, -0.2) is 6.54 Å². The van der Waals surface area contributed by atoms with E-state index in [-0.39, 0.29) is 0 Å². The Morgan fingerprint density at radius 2 is 1.67 bits per heavy atom. The maximum absolute atomic E-state index is 5.86. The van der Waals surface area contributed by atoms with Crippen molar-refractivity contribution in [1.82, 2.24) is 0 Å². The summed E-state index contributed by atoms with van der Waals surface area (Å²) in [6.45, 7) is 11.8. The quantitative estimate of drug-likeness (QED) is 0.805. The molecular formula is C14H23N. The largest absolute Gasteiger partial charge is 0.330 e. The molecule has 0 aliphatic heterocycles. The average molecular weight is 205 g/mol. The van der Waals surface area contributed by atoms with Crippen molar-refractivity contribution in [3.05, 3.63) is 34.4 Å². The summed E-state index contributed by atoms with van der Waals surface area (Å²) in [4.78, 5) is 0. The van der Waals surface area contributed by atoms with Crippen LogP contribution < -0.4 is 5.73 Å². The van der Waals surface area contributed by atoms with Gasteiger partial charge in [-0.2, -0.15) is 0 Å². The summed E-state index contributed by atoms with van der Waals surface area (Å²) in [6.07, 6.45) is 0. The molecule has 1 heteroatoms. The van der Waals surface area contributed by atoms with Gasteiger partial charge in [-0.25, -0.2) is 0 Å². The highest BCUT2D eigenvalue weighted by atomic mass is 14.6. The molecule has 0 aromatic heterocycles. The molecule has 84 valence electrons. The van der Waals surface area contributed by atoms with Gasteiger partial charge in [-0.05, 0) is 61.4 Å². The van der Waals surface area contributed by atoms with Crippen LogP contribution in [0.1, 0.15) is 42.0 Å². The normalized spacial score (nSPS) is 13.3. The van der Waals surface area contributed by atoms with E-state index in [4.69, 9.17) is 5.73 Å². The first-order chi connectivity index (χ1) is 6.99. The Balaban J connectivity index is 3.19. The summed E-state index contributed by atoms with van der Waals surface area (Å²) in [6, 6.07) is 4.46. The van der Waals surface area contributed by atoms with Crippen LogP contribution in [0.5, 0.6) is 0 Å². The van der Waals surface area contributed by atoms with Crippen molar-refractivity contribution >= 4 is 0 Å². The zero-order valence-electron chi connectivity index (χ0n) is 10.6. The Morgan fingerprint density at radius 3 is 2.13 bits per heavy atom. The van der Waals surface area contributed by atoms with Gasteiger partial charge in [-0.15, -0.1) is 0 Å². The fourth-order valence-corrected chi connectivity index (χ4v) is 2.14. The van der Waals surface area contributed by atoms with E-state index in [9.17, 15) is 0 Å². The third kappa shape index (κ3) is 2.40. The lowest BCUT2D eigenvalue weighted by Crippen LogP contribution is -2.19. The van der Waals surface area contributed by atoms with Crippen LogP contribution >= 0.6 is 0 Å². The van der Waals surface area contributed by atoms with Crippen LogP contribution in [0, 0.1) is 26.7 Å². The SMILES string of the molecule is Cc1ccc(C(CN)C(C)C)c(C)c1C. The van der Waals surface area contributed by atoms with Gasteiger partial charge in [-0.1, -0.05) is 26.0 Å². The van der Waals surface area contributed by atoms with Crippen molar-refractivity contribution in [2.45, 2.75) is 40.5 Å². The van der Waals surface area contributed by atoms with Gasteiger partial charge < -0.3 is 5.73 Å². The van der Waals surface area contributed by atoms with Gasteiger partial charge >= 0.3 is 0 Å². The molecule has 2 N–H and O–H groups in total. The van der Waals surface area contributed by atoms with Gasteiger partial charge in [0, 0.05) is 0 Å². The van der Waals surface area contributed by atoms with Crippen LogP contribution in [0.25, 0.3) is 0 Å². The predicted molar refractivity (Wildman–Crippen MR) is 67.3 cm³/mol. The van der Waals surface area contributed by atoms with Gasteiger partial charge in [0.15, 0.2) is 0 Å². The lowest BCUT2D eigenvalue weighted by atomic mass is 9.84. The molecule has 1 unspecified atom stereocenters. The van der Waals surface area contributed by atoms with E-state index in [1.165, 1.54) is 22.3 Å². The molecule has 15 heavy (non-hydrogen) atoms. The minimum atomic E-state index is 0.490. The van der Waals surface area contributed by atoms with E-state index in [0.717, 1.165) is 6.54 Å². The van der Waals surface area contributed by atoms with Crippen molar-refractivity contribution in [2.24, 2.45) is 11.7 Å². The summed E-state index contributed by atoms with van der Waals surface area (Å²) in [7, 11) is 0. The van der Waals surface area contributed by atoms with E-state index >= 15 is 0 Å². The molecule has 0 fully saturated rings. The second-order valence-corrected chi connectivity index (χ2v) is 4.81. The van der Waals surface area contributed by atoms with Crippen molar-refractivity contribution < 1.29 is 0 Å². The maximum Gasteiger partial charge on any atom is -0.000567 e. The van der Waals surface area contributed by atoms with Gasteiger partial charge in [0.2, 0.25) is 0 Å². The molecule has 0 heterocycles. The minimum Gasteiger partial charge on any atom is -0.330 e. The van der Waals surface area contributed by atoms with E-state index in [1.54, 1.807) is 0 Å². The number of aryl methyl sites for hydroxylation is 1. The number of hydrogen-bond donors (Lipinski definition) is 1. The fourth-order valence-electron chi connectivity index (χ4n) is 2.14. The highest BCUT2D eigenvalue weighted by Crippen LogP contribution is 2.28. The molecule has 1 rings (SSSR count). The number of nitrogens with two attached hydrogens (primary N) is 1. The zero-order valence-corrected chi connectivity index (χ0v) is 10.6. The highest BCUT2D eigenvalue weighted by molar-refractivity contribution is 5.40. The van der Waals surface area contributed by atoms with E-state index in [0.29, 0.717) is 11.8 Å². The van der Waals surface area contributed by atoms with Crippen LogP contribution in [-0.2, 0) is 0 Å². The van der Waals surface area contributed by atoms with Crippen LogP contribution in [0.15, 0.2) is 12.1 Å². The topological polar surface area (TPSA) is 26.0 Å². The Kier molecular flexibility index (Phi) is 3.92. The molecule has 0 spiro atoms. The number of hydrogen-bond acceptors (Lipinski definition) is 1. The van der Waals surface area contributed by atoms with Crippen molar-refractivity contribution in [3.63, 3.8) is 0 Å². The summed E-state index contributed by atoms with van der Waals surface area (Å²) >= 11 is 0. The molecule has 0 saturated heterocycles. The van der Waals surface area contributed by atoms with Crippen LogP contribution in [0.3, 0.4) is 0 Å². The third-order valence-corrected chi connectivity index (χ3v) is 3.56.